The van der Waals surface area contributed by atoms with E-state index in [0.717, 1.165) is 11.3 Å². The molecule has 2 aromatic rings. The number of nitrogen functional groups attached to an aromatic ring is 1. The molecule has 4 nitrogen and oxygen atoms in total. The summed E-state index contributed by atoms with van der Waals surface area (Å²) >= 11 is 0. The molecule has 0 unspecified atom stereocenters. The predicted octanol–water partition coefficient (Wildman–Crippen LogP) is 3.88. The molecular formula is C16H17NO3. The molecule has 0 aromatic heterocycles. The number of carboxylic acid groups (broad SMARTS) is 1. The summed E-state index contributed by atoms with van der Waals surface area (Å²) in [6.45, 7) is 4.17. The third-order valence-corrected chi connectivity index (χ3v) is 3.02. The molecule has 0 atom stereocenters. The van der Waals surface area contributed by atoms with E-state index in [1.165, 1.54) is 12.1 Å². The summed E-state index contributed by atoms with van der Waals surface area (Å²) in [5, 5.41) is 8.94. The number of hydrogen-bond donors (Lipinski definition) is 2. The van der Waals surface area contributed by atoms with Crippen LogP contribution in [0.25, 0.3) is 0 Å². The minimum absolute atomic E-state index is 0.0782. The molecule has 20 heavy (non-hydrogen) atoms. The van der Waals surface area contributed by atoms with Crippen molar-refractivity contribution in [3.63, 3.8) is 0 Å². The van der Waals surface area contributed by atoms with Crippen molar-refractivity contribution in [2.75, 3.05) is 5.73 Å². The van der Waals surface area contributed by atoms with Gasteiger partial charge in [-0.2, -0.15) is 0 Å². The molecule has 0 heterocycles. The number of rotatable bonds is 4. The zero-order valence-electron chi connectivity index (χ0n) is 11.5. The molecule has 0 spiro atoms. The highest BCUT2D eigenvalue weighted by Gasteiger charge is 2.11. The average molecular weight is 271 g/mol. The number of carboxylic acids is 1. The molecule has 0 amide bonds. The van der Waals surface area contributed by atoms with E-state index >= 15 is 0 Å². The van der Waals surface area contributed by atoms with Crippen molar-refractivity contribution < 1.29 is 14.6 Å². The molecule has 0 saturated carbocycles. The van der Waals surface area contributed by atoms with Crippen molar-refractivity contribution in [2.45, 2.75) is 19.8 Å². The molecule has 0 radical (unpaired) electrons. The Morgan fingerprint density at radius 1 is 1.20 bits per heavy atom. The Kier molecular flexibility index (Phi) is 3.94. The van der Waals surface area contributed by atoms with Gasteiger partial charge in [0.15, 0.2) is 0 Å². The van der Waals surface area contributed by atoms with Gasteiger partial charge in [-0.1, -0.05) is 32.0 Å². The lowest BCUT2D eigenvalue weighted by atomic mass is 10.0. The van der Waals surface area contributed by atoms with Gasteiger partial charge < -0.3 is 15.6 Å². The maximum atomic E-state index is 10.9. The normalized spacial score (nSPS) is 10.6. The van der Waals surface area contributed by atoms with Gasteiger partial charge in [-0.3, -0.25) is 0 Å². The molecule has 0 fully saturated rings. The van der Waals surface area contributed by atoms with Gasteiger partial charge in [-0.25, -0.2) is 4.79 Å². The lowest BCUT2D eigenvalue weighted by molar-refractivity contribution is 0.0698. The maximum Gasteiger partial charge on any atom is 0.337 e. The first kappa shape index (κ1) is 13.9. The Morgan fingerprint density at radius 3 is 2.50 bits per heavy atom. The average Bonchev–Trinajstić information content (AvgIpc) is 2.38. The van der Waals surface area contributed by atoms with Crippen LogP contribution < -0.4 is 10.5 Å². The smallest absolute Gasteiger partial charge is 0.337 e. The van der Waals surface area contributed by atoms with E-state index in [1.54, 1.807) is 6.07 Å². The largest absolute Gasteiger partial charge is 0.478 e. The van der Waals surface area contributed by atoms with Gasteiger partial charge in [0.05, 0.1) is 5.56 Å². The molecule has 2 rings (SSSR count). The second-order valence-corrected chi connectivity index (χ2v) is 4.85. The molecule has 2 aromatic carbocycles. The van der Waals surface area contributed by atoms with E-state index in [2.05, 4.69) is 13.8 Å². The Labute approximate surface area is 117 Å². The highest BCUT2D eigenvalue weighted by atomic mass is 16.5. The van der Waals surface area contributed by atoms with E-state index in [0.29, 0.717) is 11.7 Å². The van der Waals surface area contributed by atoms with Crippen LogP contribution >= 0.6 is 0 Å². The summed E-state index contributed by atoms with van der Waals surface area (Å²) in [4.78, 5) is 10.9. The van der Waals surface area contributed by atoms with Crippen molar-refractivity contribution in [1.82, 2.24) is 0 Å². The van der Waals surface area contributed by atoms with Gasteiger partial charge >= 0.3 is 5.97 Å². The van der Waals surface area contributed by atoms with Gasteiger partial charge in [0.25, 0.3) is 0 Å². The van der Waals surface area contributed by atoms with E-state index < -0.39 is 5.97 Å². The minimum Gasteiger partial charge on any atom is -0.478 e. The van der Waals surface area contributed by atoms with Crippen molar-refractivity contribution in [1.29, 1.82) is 0 Å². The summed E-state index contributed by atoms with van der Waals surface area (Å²) in [6.07, 6.45) is 0. The van der Waals surface area contributed by atoms with Crippen LogP contribution in [0.1, 0.15) is 35.7 Å². The number of anilines is 1. The SMILES string of the molecule is CC(C)c1ccccc1Oc1ccc(C(=O)O)c(N)c1. The van der Waals surface area contributed by atoms with Gasteiger partial charge in [0.1, 0.15) is 11.5 Å². The first-order chi connectivity index (χ1) is 9.49. The third kappa shape index (κ3) is 2.91. The Bertz CT molecular complexity index is 635. The number of hydrogen-bond acceptors (Lipinski definition) is 3. The van der Waals surface area contributed by atoms with E-state index in [9.17, 15) is 4.79 Å². The van der Waals surface area contributed by atoms with Gasteiger partial charge in [-0.05, 0) is 29.7 Å². The molecule has 0 aliphatic rings. The van der Waals surface area contributed by atoms with Gasteiger partial charge in [-0.15, -0.1) is 0 Å². The van der Waals surface area contributed by atoms with Crippen molar-refractivity contribution in [3.8, 4) is 11.5 Å². The Morgan fingerprint density at radius 2 is 1.90 bits per heavy atom. The molecule has 0 saturated heterocycles. The van der Waals surface area contributed by atoms with Crippen LogP contribution in [0.15, 0.2) is 42.5 Å². The monoisotopic (exact) mass is 271 g/mol. The summed E-state index contributed by atoms with van der Waals surface area (Å²) in [7, 11) is 0. The van der Waals surface area contributed by atoms with Crippen LogP contribution in [0.3, 0.4) is 0 Å². The summed E-state index contributed by atoms with van der Waals surface area (Å²) < 4.78 is 5.81. The zero-order valence-corrected chi connectivity index (χ0v) is 11.5. The van der Waals surface area contributed by atoms with Gasteiger partial charge in [0, 0.05) is 11.8 Å². The predicted molar refractivity (Wildman–Crippen MR) is 78.4 cm³/mol. The second kappa shape index (κ2) is 5.65. The fraction of sp³-hybridized carbons (Fsp3) is 0.188. The highest BCUT2D eigenvalue weighted by molar-refractivity contribution is 5.93. The Hall–Kier alpha value is -2.49. The summed E-state index contributed by atoms with van der Waals surface area (Å²) in [5.41, 5.74) is 7.07. The van der Waals surface area contributed by atoms with Crippen molar-refractivity contribution in [2.24, 2.45) is 0 Å². The van der Waals surface area contributed by atoms with Crippen LogP contribution in [-0.2, 0) is 0 Å². The number of benzene rings is 2. The maximum absolute atomic E-state index is 10.9. The number of ether oxygens (including phenoxy) is 1. The second-order valence-electron chi connectivity index (χ2n) is 4.85. The first-order valence-electron chi connectivity index (χ1n) is 6.38. The minimum atomic E-state index is -1.04. The zero-order chi connectivity index (χ0) is 14.7. The van der Waals surface area contributed by atoms with E-state index in [1.807, 2.05) is 24.3 Å². The van der Waals surface area contributed by atoms with Crippen molar-refractivity contribution in [3.05, 3.63) is 53.6 Å². The van der Waals surface area contributed by atoms with Crippen LogP contribution in [0.2, 0.25) is 0 Å². The lowest BCUT2D eigenvalue weighted by Gasteiger charge is -2.14. The van der Waals surface area contributed by atoms with Gasteiger partial charge in [0.2, 0.25) is 0 Å². The molecule has 0 aliphatic heterocycles. The standard InChI is InChI=1S/C16H17NO3/c1-10(2)12-5-3-4-6-15(12)20-11-7-8-13(16(18)19)14(17)9-11/h3-10H,17H2,1-2H3,(H,18,19). The van der Waals surface area contributed by atoms with Crippen LogP contribution in [0.4, 0.5) is 5.69 Å². The molecule has 104 valence electrons. The third-order valence-electron chi connectivity index (χ3n) is 3.02. The molecule has 4 heteroatoms. The topological polar surface area (TPSA) is 72.5 Å². The van der Waals surface area contributed by atoms with E-state index in [-0.39, 0.29) is 11.3 Å². The highest BCUT2D eigenvalue weighted by Crippen LogP contribution is 2.31. The number of nitrogens with two attached hydrogens (primary N) is 1. The quantitative estimate of drug-likeness (QED) is 0.828. The Balaban J connectivity index is 2.31. The summed E-state index contributed by atoms with van der Waals surface area (Å²) in [5.74, 6) is 0.573. The lowest BCUT2D eigenvalue weighted by Crippen LogP contribution is -2.02. The number of carbonyl (C=O) groups is 1. The van der Waals surface area contributed by atoms with Crippen LogP contribution in [0, 0.1) is 0 Å². The molecular weight excluding hydrogens is 254 g/mol. The summed E-state index contributed by atoms with van der Waals surface area (Å²) in [6, 6.07) is 12.3. The van der Waals surface area contributed by atoms with Crippen LogP contribution in [0.5, 0.6) is 11.5 Å². The fourth-order valence-electron chi connectivity index (χ4n) is 1.98. The number of para-hydroxylation sites is 1. The molecule has 0 aliphatic carbocycles. The molecule has 3 N–H and O–H groups in total. The number of aromatic carboxylic acids is 1. The van der Waals surface area contributed by atoms with E-state index in [4.69, 9.17) is 15.6 Å². The van der Waals surface area contributed by atoms with Crippen LogP contribution in [-0.4, -0.2) is 11.1 Å². The first-order valence-corrected chi connectivity index (χ1v) is 6.38. The van der Waals surface area contributed by atoms with Crippen molar-refractivity contribution >= 4 is 11.7 Å². The fourth-order valence-corrected chi connectivity index (χ4v) is 1.98. The molecule has 0 bridgehead atoms.